The number of methoxy groups -OCH3 is 1. The van der Waals surface area contributed by atoms with Gasteiger partial charge in [0, 0.05) is 0 Å². The van der Waals surface area contributed by atoms with Crippen LogP contribution in [0.15, 0.2) is 18.2 Å². The van der Waals surface area contributed by atoms with Crippen LogP contribution in [0.2, 0.25) is 0 Å². The second-order valence-corrected chi connectivity index (χ2v) is 4.10. The van der Waals surface area contributed by atoms with Gasteiger partial charge in [0.15, 0.2) is 0 Å². The number of rotatable bonds is 3. The molecule has 1 atom stereocenters. The minimum Gasteiger partial charge on any atom is -0.465 e. The molecule has 1 unspecified atom stereocenters. The summed E-state index contributed by atoms with van der Waals surface area (Å²) in [6.07, 6.45) is 0. The van der Waals surface area contributed by atoms with Gasteiger partial charge in [0.05, 0.1) is 24.8 Å². The van der Waals surface area contributed by atoms with Crippen LogP contribution in [0, 0.1) is 6.92 Å². The second kappa shape index (κ2) is 4.63. The van der Waals surface area contributed by atoms with E-state index in [0.717, 1.165) is 11.1 Å². The summed E-state index contributed by atoms with van der Waals surface area (Å²) in [5.74, 6) is -0.369. The third kappa shape index (κ3) is 2.40. The molecule has 0 aliphatic heterocycles. The summed E-state index contributed by atoms with van der Waals surface area (Å²) in [5.41, 5.74) is 7.20. The van der Waals surface area contributed by atoms with E-state index in [9.17, 15) is 4.79 Å². The van der Waals surface area contributed by atoms with Crippen LogP contribution >= 0.6 is 0 Å². The molecule has 0 amide bonds. The van der Waals surface area contributed by atoms with Gasteiger partial charge in [0.25, 0.3) is 0 Å². The first-order valence-corrected chi connectivity index (χ1v) is 5.01. The molecule has 1 aromatic carbocycles. The van der Waals surface area contributed by atoms with Crippen molar-refractivity contribution in [3.8, 4) is 0 Å². The highest BCUT2D eigenvalue weighted by Gasteiger charge is 2.21. The molecule has 3 N–H and O–H groups in total. The lowest BCUT2D eigenvalue weighted by atomic mass is 9.91. The van der Waals surface area contributed by atoms with E-state index in [4.69, 9.17) is 10.8 Å². The summed E-state index contributed by atoms with van der Waals surface area (Å²) in [6.45, 7) is 3.40. The molecule has 0 spiro atoms. The maximum Gasteiger partial charge on any atom is 0.338 e. The van der Waals surface area contributed by atoms with Crippen LogP contribution in [-0.2, 0) is 10.3 Å². The maximum absolute atomic E-state index is 11.4. The van der Waals surface area contributed by atoms with Gasteiger partial charge in [0.2, 0.25) is 0 Å². The highest BCUT2D eigenvalue weighted by atomic mass is 16.5. The van der Waals surface area contributed by atoms with Gasteiger partial charge in [-0.2, -0.15) is 0 Å². The SMILES string of the molecule is COC(=O)c1ccc(C(C)(N)CO)cc1C. The number of carbonyl (C=O) groups excluding carboxylic acids is 1. The Morgan fingerprint density at radius 2 is 2.19 bits per heavy atom. The quantitative estimate of drug-likeness (QED) is 0.748. The van der Waals surface area contributed by atoms with E-state index >= 15 is 0 Å². The van der Waals surface area contributed by atoms with Crippen LogP contribution < -0.4 is 5.73 Å². The van der Waals surface area contributed by atoms with Crippen molar-refractivity contribution in [2.24, 2.45) is 5.73 Å². The van der Waals surface area contributed by atoms with E-state index in [2.05, 4.69) is 4.74 Å². The number of esters is 1. The predicted octanol–water partition coefficient (Wildman–Crippen LogP) is 0.948. The molecule has 16 heavy (non-hydrogen) atoms. The minimum atomic E-state index is -0.792. The molecule has 1 rings (SSSR count). The molecule has 4 nitrogen and oxygen atoms in total. The van der Waals surface area contributed by atoms with Crippen LogP contribution in [0.5, 0.6) is 0 Å². The monoisotopic (exact) mass is 223 g/mol. The van der Waals surface area contributed by atoms with E-state index in [-0.39, 0.29) is 12.6 Å². The van der Waals surface area contributed by atoms with Crippen molar-refractivity contribution in [2.45, 2.75) is 19.4 Å². The average molecular weight is 223 g/mol. The Morgan fingerprint density at radius 3 is 2.62 bits per heavy atom. The first kappa shape index (κ1) is 12.7. The zero-order valence-corrected chi connectivity index (χ0v) is 9.78. The van der Waals surface area contributed by atoms with E-state index < -0.39 is 5.54 Å². The number of carbonyl (C=O) groups is 1. The van der Waals surface area contributed by atoms with Crippen LogP contribution in [0.4, 0.5) is 0 Å². The van der Waals surface area contributed by atoms with Crippen molar-refractivity contribution in [1.29, 1.82) is 0 Å². The number of aryl methyl sites for hydroxylation is 1. The van der Waals surface area contributed by atoms with Crippen LogP contribution in [0.3, 0.4) is 0 Å². The zero-order valence-electron chi connectivity index (χ0n) is 9.78. The van der Waals surface area contributed by atoms with E-state index in [1.54, 1.807) is 25.1 Å². The summed E-state index contributed by atoms with van der Waals surface area (Å²) in [6, 6.07) is 5.19. The highest BCUT2D eigenvalue weighted by molar-refractivity contribution is 5.91. The first-order chi connectivity index (χ1) is 7.42. The molecule has 0 saturated heterocycles. The summed E-state index contributed by atoms with van der Waals surface area (Å²) in [4.78, 5) is 11.4. The average Bonchev–Trinajstić information content (AvgIpc) is 2.28. The molecule has 0 aliphatic rings. The molecule has 0 saturated carbocycles. The number of aliphatic hydroxyl groups excluding tert-OH is 1. The molecule has 0 heterocycles. The smallest absolute Gasteiger partial charge is 0.338 e. The molecular weight excluding hydrogens is 206 g/mol. The van der Waals surface area contributed by atoms with Gasteiger partial charge in [-0.05, 0) is 31.0 Å². The predicted molar refractivity (Wildman–Crippen MR) is 61.1 cm³/mol. The normalized spacial score (nSPS) is 14.3. The van der Waals surface area contributed by atoms with Crippen molar-refractivity contribution in [1.82, 2.24) is 0 Å². The molecular formula is C12H17NO3. The topological polar surface area (TPSA) is 72.5 Å². The summed E-state index contributed by atoms with van der Waals surface area (Å²) in [7, 11) is 1.34. The molecule has 4 heteroatoms. The molecule has 0 radical (unpaired) electrons. The van der Waals surface area contributed by atoms with Crippen molar-refractivity contribution in [3.05, 3.63) is 34.9 Å². The number of hydrogen-bond donors (Lipinski definition) is 2. The van der Waals surface area contributed by atoms with Gasteiger partial charge in [-0.25, -0.2) is 4.79 Å². The molecule has 88 valence electrons. The Kier molecular flexibility index (Phi) is 3.67. The summed E-state index contributed by atoms with van der Waals surface area (Å²) in [5, 5.41) is 9.15. The Hall–Kier alpha value is -1.39. The van der Waals surface area contributed by atoms with Gasteiger partial charge < -0.3 is 15.6 Å². The van der Waals surface area contributed by atoms with Crippen LogP contribution in [0.25, 0.3) is 0 Å². The number of hydrogen-bond acceptors (Lipinski definition) is 4. The Bertz CT molecular complexity index is 399. The van der Waals surface area contributed by atoms with Gasteiger partial charge in [-0.15, -0.1) is 0 Å². The number of ether oxygens (including phenoxy) is 1. The highest BCUT2D eigenvalue weighted by Crippen LogP contribution is 2.20. The third-order valence-corrected chi connectivity index (χ3v) is 2.62. The lowest BCUT2D eigenvalue weighted by Gasteiger charge is -2.23. The molecule has 0 bridgehead atoms. The fourth-order valence-corrected chi connectivity index (χ4v) is 1.45. The summed E-state index contributed by atoms with van der Waals surface area (Å²) < 4.78 is 4.65. The number of nitrogens with two attached hydrogens (primary N) is 1. The van der Waals surface area contributed by atoms with Crippen molar-refractivity contribution in [2.75, 3.05) is 13.7 Å². The van der Waals surface area contributed by atoms with Crippen molar-refractivity contribution in [3.63, 3.8) is 0 Å². The Labute approximate surface area is 95.0 Å². The molecule has 0 aromatic heterocycles. The van der Waals surface area contributed by atoms with Gasteiger partial charge in [-0.1, -0.05) is 12.1 Å². The maximum atomic E-state index is 11.4. The number of benzene rings is 1. The fourth-order valence-electron chi connectivity index (χ4n) is 1.45. The lowest BCUT2D eigenvalue weighted by molar-refractivity contribution is 0.0600. The zero-order chi connectivity index (χ0) is 12.3. The largest absolute Gasteiger partial charge is 0.465 e. The second-order valence-electron chi connectivity index (χ2n) is 4.10. The Morgan fingerprint density at radius 1 is 1.56 bits per heavy atom. The standard InChI is InChI=1S/C12H17NO3/c1-8-6-9(12(2,13)7-14)4-5-10(8)11(15)16-3/h4-6,14H,7,13H2,1-3H3. The minimum absolute atomic E-state index is 0.149. The van der Waals surface area contributed by atoms with Crippen LogP contribution in [-0.4, -0.2) is 24.8 Å². The van der Waals surface area contributed by atoms with Crippen molar-refractivity contribution < 1.29 is 14.6 Å². The van der Waals surface area contributed by atoms with E-state index in [0.29, 0.717) is 5.56 Å². The first-order valence-electron chi connectivity index (χ1n) is 5.01. The van der Waals surface area contributed by atoms with Crippen LogP contribution in [0.1, 0.15) is 28.4 Å². The summed E-state index contributed by atoms with van der Waals surface area (Å²) >= 11 is 0. The fraction of sp³-hybridized carbons (Fsp3) is 0.417. The van der Waals surface area contributed by atoms with E-state index in [1.165, 1.54) is 7.11 Å². The molecule has 0 fully saturated rings. The molecule has 1 aromatic rings. The number of aliphatic hydroxyl groups is 1. The van der Waals surface area contributed by atoms with E-state index in [1.807, 2.05) is 6.92 Å². The molecule has 0 aliphatic carbocycles. The third-order valence-electron chi connectivity index (χ3n) is 2.62. The van der Waals surface area contributed by atoms with Gasteiger partial charge in [0.1, 0.15) is 0 Å². The lowest BCUT2D eigenvalue weighted by Crippen LogP contribution is -2.37. The van der Waals surface area contributed by atoms with Crippen molar-refractivity contribution >= 4 is 5.97 Å². The van der Waals surface area contributed by atoms with Gasteiger partial charge in [-0.3, -0.25) is 0 Å². The van der Waals surface area contributed by atoms with Gasteiger partial charge >= 0.3 is 5.97 Å². The Balaban J connectivity index is 3.14.